The number of halogens is 3. The molecule has 1 saturated heterocycles. The minimum Gasteiger partial charge on any atom is -0.490 e. The van der Waals surface area contributed by atoms with Crippen LogP contribution in [0.15, 0.2) is 35.2 Å². The van der Waals surface area contributed by atoms with Crippen LogP contribution in [0.1, 0.15) is 18.1 Å². The van der Waals surface area contributed by atoms with Crippen molar-refractivity contribution in [2.24, 2.45) is 0 Å². The molecule has 32 heavy (non-hydrogen) atoms. The summed E-state index contributed by atoms with van der Waals surface area (Å²) in [5, 5.41) is 9.39. The van der Waals surface area contributed by atoms with Gasteiger partial charge in [-0.15, -0.1) is 0 Å². The minimum atomic E-state index is -1.28. The molecule has 2 aromatic rings. The van der Waals surface area contributed by atoms with Crippen LogP contribution in [-0.2, 0) is 16.2 Å². The highest BCUT2D eigenvalue weighted by Gasteiger charge is 2.36. The molecule has 1 aliphatic rings. The van der Waals surface area contributed by atoms with E-state index in [9.17, 15) is 14.4 Å². The van der Waals surface area contributed by atoms with Gasteiger partial charge in [0.05, 0.1) is 16.5 Å². The summed E-state index contributed by atoms with van der Waals surface area (Å²) < 4.78 is 11.5. The lowest BCUT2D eigenvalue weighted by Gasteiger charge is -2.15. The Bertz CT molecular complexity index is 1120. The fourth-order valence-corrected chi connectivity index (χ4v) is 4.36. The Balaban J connectivity index is 1.87. The third kappa shape index (κ3) is 5.69. The molecule has 0 spiro atoms. The summed E-state index contributed by atoms with van der Waals surface area (Å²) in [6, 6.07) is 8.19. The highest BCUT2D eigenvalue weighted by atomic mass is 35.5. The van der Waals surface area contributed by atoms with Crippen LogP contribution in [-0.4, -0.2) is 40.3 Å². The fourth-order valence-electron chi connectivity index (χ4n) is 2.79. The molecule has 1 heterocycles. The van der Waals surface area contributed by atoms with E-state index in [0.717, 1.165) is 0 Å². The van der Waals surface area contributed by atoms with E-state index in [2.05, 4.69) is 0 Å². The third-order valence-corrected chi connectivity index (χ3v) is 5.96. The van der Waals surface area contributed by atoms with Crippen molar-refractivity contribution in [2.75, 3.05) is 13.2 Å². The van der Waals surface area contributed by atoms with Crippen LogP contribution in [0.25, 0.3) is 6.08 Å². The number of hydrogen-bond donors (Lipinski definition) is 1. The fraction of sp³-hybridized carbons (Fsp3) is 0.190. The van der Waals surface area contributed by atoms with Crippen molar-refractivity contribution in [1.29, 1.82) is 0 Å². The third-order valence-electron chi connectivity index (χ3n) is 4.18. The van der Waals surface area contributed by atoms with E-state index >= 15 is 0 Å². The second-order valence-corrected chi connectivity index (χ2v) is 8.69. The van der Waals surface area contributed by atoms with Crippen molar-refractivity contribution in [3.8, 4) is 11.5 Å². The summed E-state index contributed by atoms with van der Waals surface area (Å²) in [6.07, 6.45) is 1.45. The number of benzene rings is 2. The topological polar surface area (TPSA) is 93.1 Å². The number of carboxylic acids is 1. The van der Waals surface area contributed by atoms with Crippen molar-refractivity contribution >= 4 is 69.8 Å². The maximum atomic E-state index is 12.4. The summed E-state index contributed by atoms with van der Waals surface area (Å²) in [4.78, 5) is 35.9. The molecule has 1 N–H and O–H groups in total. The van der Waals surface area contributed by atoms with Crippen molar-refractivity contribution in [3.05, 3.63) is 61.4 Å². The summed E-state index contributed by atoms with van der Waals surface area (Å²) in [6.45, 7) is 1.53. The molecule has 0 radical (unpaired) electrons. The molecule has 2 aromatic carbocycles. The van der Waals surface area contributed by atoms with Crippen molar-refractivity contribution in [3.63, 3.8) is 0 Å². The monoisotopic (exact) mass is 515 g/mol. The van der Waals surface area contributed by atoms with Crippen molar-refractivity contribution in [1.82, 2.24) is 4.90 Å². The first-order valence-corrected chi connectivity index (χ1v) is 11.1. The van der Waals surface area contributed by atoms with Crippen LogP contribution in [0, 0.1) is 0 Å². The Morgan fingerprint density at radius 3 is 2.53 bits per heavy atom. The van der Waals surface area contributed by atoms with Crippen LogP contribution >= 0.6 is 46.6 Å². The van der Waals surface area contributed by atoms with Gasteiger partial charge in [-0.2, -0.15) is 0 Å². The molecule has 168 valence electrons. The van der Waals surface area contributed by atoms with E-state index in [1.165, 1.54) is 6.08 Å². The van der Waals surface area contributed by atoms with Gasteiger partial charge >= 0.3 is 5.97 Å². The highest BCUT2D eigenvalue weighted by molar-refractivity contribution is 8.18. The number of aliphatic carboxylic acids is 1. The number of amides is 2. The normalized spacial score (nSPS) is 14.9. The molecule has 0 saturated carbocycles. The Morgan fingerprint density at radius 1 is 1.12 bits per heavy atom. The van der Waals surface area contributed by atoms with Gasteiger partial charge in [0.2, 0.25) is 0 Å². The lowest BCUT2D eigenvalue weighted by Crippen LogP contribution is -2.33. The predicted molar refractivity (Wildman–Crippen MR) is 124 cm³/mol. The molecule has 2 amide bonds. The molecular formula is C21H16Cl3NO6S. The van der Waals surface area contributed by atoms with Crippen molar-refractivity contribution < 1.29 is 29.0 Å². The number of imide groups is 1. The zero-order valence-electron chi connectivity index (χ0n) is 16.6. The van der Waals surface area contributed by atoms with Crippen LogP contribution in [0.4, 0.5) is 4.79 Å². The number of ether oxygens (including phenoxy) is 2. The van der Waals surface area contributed by atoms with Gasteiger partial charge < -0.3 is 14.6 Å². The number of thioether (sulfide) groups is 1. The highest BCUT2D eigenvalue weighted by Crippen LogP contribution is 2.40. The van der Waals surface area contributed by atoms with Gasteiger partial charge in [0.25, 0.3) is 11.1 Å². The van der Waals surface area contributed by atoms with Gasteiger partial charge in [0, 0.05) is 15.6 Å². The van der Waals surface area contributed by atoms with Crippen LogP contribution in [0.3, 0.4) is 0 Å². The molecule has 1 aliphatic heterocycles. The summed E-state index contributed by atoms with van der Waals surface area (Å²) >= 11 is 19.2. The predicted octanol–water partition coefficient (Wildman–Crippen LogP) is 5.75. The first-order chi connectivity index (χ1) is 15.2. The van der Waals surface area contributed by atoms with Gasteiger partial charge in [-0.05, 0) is 54.6 Å². The lowest BCUT2D eigenvalue weighted by molar-refractivity contribution is -0.140. The van der Waals surface area contributed by atoms with Crippen LogP contribution in [0.5, 0.6) is 11.5 Å². The molecule has 0 atom stereocenters. The summed E-state index contributed by atoms with van der Waals surface area (Å²) in [5.41, 5.74) is 1.18. The number of carbonyl (C=O) groups excluding carboxylic acids is 2. The average Bonchev–Trinajstić information content (AvgIpc) is 2.96. The molecule has 7 nitrogen and oxygen atoms in total. The van der Waals surface area contributed by atoms with E-state index < -0.39 is 23.7 Å². The first-order valence-electron chi connectivity index (χ1n) is 9.19. The van der Waals surface area contributed by atoms with Gasteiger partial charge in [0.15, 0.2) is 11.5 Å². The largest absolute Gasteiger partial charge is 0.490 e. The number of nitrogens with zero attached hydrogens (tertiary/aromatic N) is 1. The van der Waals surface area contributed by atoms with E-state index in [4.69, 9.17) is 49.4 Å². The maximum absolute atomic E-state index is 12.4. The molecule has 0 unspecified atom stereocenters. The number of carbonyl (C=O) groups is 3. The van der Waals surface area contributed by atoms with E-state index in [0.29, 0.717) is 50.2 Å². The van der Waals surface area contributed by atoms with Crippen LogP contribution < -0.4 is 9.47 Å². The van der Waals surface area contributed by atoms with E-state index in [1.807, 2.05) is 0 Å². The molecule has 0 bridgehead atoms. The molecule has 0 aliphatic carbocycles. The van der Waals surface area contributed by atoms with E-state index in [1.54, 1.807) is 37.3 Å². The quantitative estimate of drug-likeness (QED) is 0.447. The van der Waals surface area contributed by atoms with Gasteiger partial charge in [-0.1, -0.05) is 40.9 Å². The summed E-state index contributed by atoms with van der Waals surface area (Å²) in [7, 11) is 0. The second-order valence-electron chi connectivity index (χ2n) is 6.45. The Hall–Kier alpha value is -2.39. The smallest absolute Gasteiger partial charge is 0.323 e. The Labute approximate surface area is 202 Å². The zero-order valence-corrected chi connectivity index (χ0v) is 19.6. The lowest BCUT2D eigenvalue weighted by atomic mass is 10.1. The Morgan fingerprint density at radius 2 is 1.88 bits per heavy atom. The van der Waals surface area contributed by atoms with E-state index in [-0.39, 0.29) is 22.3 Å². The zero-order chi connectivity index (χ0) is 23.4. The molecular weight excluding hydrogens is 501 g/mol. The second kappa shape index (κ2) is 10.5. The maximum Gasteiger partial charge on any atom is 0.323 e. The van der Waals surface area contributed by atoms with Gasteiger partial charge in [0.1, 0.15) is 13.2 Å². The Kier molecular flexibility index (Phi) is 7.95. The standard InChI is InChI=1S/C21H16Cl3NO6S/c1-2-30-16-6-11(7-17-20(28)25(9-18(26)27)21(29)32-17)5-15(24)19(16)31-10-12-3-4-13(22)8-14(12)23/h3-8H,2,9-10H2,1H3,(H,26,27)/b17-7+. The number of hydrogen-bond acceptors (Lipinski definition) is 6. The minimum absolute atomic E-state index is 0.0800. The first kappa shape index (κ1) is 24.3. The molecule has 1 fully saturated rings. The summed E-state index contributed by atoms with van der Waals surface area (Å²) in [5.74, 6) is -1.34. The van der Waals surface area contributed by atoms with Crippen molar-refractivity contribution in [2.45, 2.75) is 13.5 Å². The number of carboxylic acid groups (broad SMARTS) is 1. The molecule has 11 heteroatoms. The SMILES string of the molecule is CCOc1cc(/C=C2/SC(=O)N(CC(=O)O)C2=O)cc(Cl)c1OCc1ccc(Cl)cc1Cl. The van der Waals surface area contributed by atoms with Gasteiger partial charge in [-0.3, -0.25) is 19.3 Å². The molecule has 0 aromatic heterocycles. The van der Waals surface area contributed by atoms with Gasteiger partial charge in [-0.25, -0.2) is 0 Å². The average molecular weight is 517 g/mol. The molecule has 3 rings (SSSR count). The number of rotatable bonds is 8. The van der Waals surface area contributed by atoms with Crippen LogP contribution in [0.2, 0.25) is 15.1 Å².